The van der Waals surface area contributed by atoms with Crippen molar-refractivity contribution in [2.24, 2.45) is 0 Å². The number of benzene rings is 1. The summed E-state index contributed by atoms with van der Waals surface area (Å²) < 4.78 is 0. The van der Waals surface area contributed by atoms with Crippen molar-refractivity contribution in [3.8, 4) is 0 Å². The van der Waals surface area contributed by atoms with Crippen LogP contribution < -0.4 is 5.32 Å². The van der Waals surface area contributed by atoms with Gasteiger partial charge in [0.25, 0.3) is 0 Å². The zero-order chi connectivity index (χ0) is 10.2. The number of hydrogen-bond acceptors (Lipinski definition) is 1. The molecule has 1 N–H and O–H groups in total. The monoisotopic (exact) mass is 209 g/mol. The van der Waals surface area contributed by atoms with E-state index in [4.69, 9.17) is 11.6 Å². The third kappa shape index (κ3) is 1.40. The van der Waals surface area contributed by atoms with Crippen LogP contribution in [-0.2, 0) is 10.3 Å². The molecule has 0 spiro atoms. The molecule has 0 aliphatic carbocycles. The molecule has 2 rings (SSSR count). The number of carbonyl (C=O) groups is 1. The van der Waals surface area contributed by atoms with Crippen molar-refractivity contribution in [2.75, 3.05) is 0 Å². The third-order valence-corrected chi connectivity index (χ3v) is 3.09. The summed E-state index contributed by atoms with van der Waals surface area (Å²) in [7, 11) is 0. The van der Waals surface area contributed by atoms with Crippen LogP contribution in [0.1, 0.15) is 25.3 Å². The minimum absolute atomic E-state index is 0.127. The molecular weight excluding hydrogens is 198 g/mol. The molecule has 1 aliphatic rings. The summed E-state index contributed by atoms with van der Waals surface area (Å²) in [5, 5.41) is 3.69. The molecule has 1 aliphatic heterocycles. The number of rotatable bonds is 2. The zero-order valence-corrected chi connectivity index (χ0v) is 8.77. The Hall–Kier alpha value is -1.02. The van der Waals surface area contributed by atoms with E-state index in [2.05, 4.69) is 12.2 Å². The predicted molar refractivity (Wildman–Crippen MR) is 56.2 cm³/mol. The Morgan fingerprint density at radius 3 is 2.43 bits per heavy atom. The number of carbonyl (C=O) groups excluding carboxylic acids is 1. The van der Waals surface area contributed by atoms with Gasteiger partial charge in [0, 0.05) is 5.02 Å². The maximum Gasteiger partial charge on any atom is 0.223 e. The Balaban J connectivity index is 2.29. The molecule has 1 unspecified atom stereocenters. The van der Waals surface area contributed by atoms with Gasteiger partial charge < -0.3 is 5.32 Å². The van der Waals surface area contributed by atoms with E-state index in [9.17, 15) is 4.79 Å². The fourth-order valence-corrected chi connectivity index (χ4v) is 2.01. The van der Waals surface area contributed by atoms with Crippen LogP contribution in [0.5, 0.6) is 0 Å². The second-order valence-corrected chi connectivity index (χ2v) is 4.10. The van der Waals surface area contributed by atoms with Crippen LogP contribution in [0.25, 0.3) is 0 Å². The Kier molecular flexibility index (Phi) is 2.23. The first-order chi connectivity index (χ1) is 6.66. The zero-order valence-electron chi connectivity index (χ0n) is 8.01. The third-order valence-electron chi connectivity index (χ3n) is 2.84. The summed E-state index contributed by atoms with van der Waals surface area (Å²) in [6, 6.07) is 7.67. The van der Waals surface area contributed by atoms with Gasteiger partial charge in [-0.1, -0.05) is 30.7 Å². The first-order valence-electron chi connectivity index (χ1n) is 4.73. The Morgan fingerprint density at radius 1 is 1.43 bits per heavy atom. The molecule has 2 nitrogen and oxygen atoms in total. The van der Waals surface area contributed by atoms with Gasteiger partial charge in [0.05, 0.1) is 12.0 Å². The Bertz CT molecular complexity index is 350. The molecule has 0 saturated carbocycles. The van der Waals surface area contributed by atoms with E-state index in [1.807, 2.05) is 24.3 Å². The smallest absolute Gasteiger partial charge is 0.223 e. The lowest BCUT2D eigenvalue weighted by atomic mass is 9.78. The van der Waals surface area contributed by atoms with Crippen LogP contribution in [0.4, 0.5) is 0 Å². The highest BCUT2D eigenvalue weighted by Gasteiger charge is 2.42. The molecule has 1 saturated heterocycles. The molecule has 1 heterocycles. The van der Waals surface area contributed by atoms with Crippen LogP contribution in [-0.4, -0.2) is 5.91 Å². The normalized spacial score (nSPS) is 25.4. The summed E-state index contributed by atoms with van der Waals surface area (Å²) in [4.78, 5) is 11.0. The van der Waals surface area contributed by atoms with E-state index in [0.29, 0.717) is 6.42 Å². The highest BCUT2D eigenvalue weighted by atomic mass is 35.5. The molecule has 0 radical (unpaired) electrons. The van der Waals surface area contributed by atoms with Gasteiger partial charge in [-0.3, -0.25) is 4.79 Å². The van der Waals surface area contributed by atoms with Crippen LogP contribution >= 0.6 is 11.6 Å². The Morgan fingerprint density at radius 2 is 2.00 bits per heavy atom. The topological polar surface area (TPSA) is 29.1 Å². The van der Waals surface area contributed by atoms with Gasteiger partial charge >= 0.3 is 0 Å². The summed E-state index contributed by atoms with van der Waals surface area (Å²) in [6.07, 6.45) is 1.51. The summed E-state index contributed by atoms with van der Waals surface area (Å²) in [6.45, 7) is 2.08. The van der Waals surface area contributed by atoms with E-state index in [1.165, 1.54) is 0 Å². The van der Waals surface area contributed by atoms with Gasteiger partial charge in [-0.25, -0.2) is 0 Å². The van der Waals surface area contributed by atoms with Crippen LogP contribution in [0.15, 0.2) is 24.3 Å². The van der Waals surface area contributed by atoms with Crippen LogP contribution in [0.3, 0.4) is 0 Å². The summed E-state index contributed by atoms with van der Waals surface area (Å²) >= 11 is 5.81. The van der Waals surface area contributed by atoms with E-state index in [1.54, 1.807) is 0 Å². The van der Waals surface area contributed by atoms with E-state index in [-0.39, 0.29) is 11.4 Å². The van der Waals surface area contributed by atoms with Gasteiger partial charge in [-0.15, -0.1) is 0 Å². The van der Waals surface area contributed by atoms with E-state index >= 15 is 0 Å². The molecule has 1 aromatic rings. The average molecular weight is 210 g/mol. The minimum atomic E-state index is -0.137. The van der Waals surface area contributed by atoms with Gasteiger partial charge in [0.1, 0.15) is 0 Å². The highest BCUT2D eigenvalue weighted by molar-refractivity contribution is 6.30. The number of β-lactam (4-membered cyclic amide) rings is 1. The SMILES string of the molecule is CCC1(c2ccc(Cl)cc2)CC(=O)N1. The molecule has 1 fully saturated rings. The van der Waals surface area contributed by atoms with E-state index < -0.39 is 0 Å². The maximum atomic E-state index is 11.0. The lowest BCUT2D eigenvalue weighted by Crippen LogP contribution is -2.57. The van der Waals surface area contributed by atoms with Gasteiger partial charge in [-0.2, -0.15) is 0 Å². The molecule has 1 aromatic carbocycles. The molecule has 0 aromatic heterocycles. The molecule has 1 amide bonds. The fraction of sp³-hybridized carbons (Fsp3) is 0.364. The highest BCUT2D eigenvalue weighted by Crippen LogP contribution is 2.35. The molecule has 14 heavy (non-hydrogen) atoms. The van der Waals surface area contributed by atoms with Gasteiger partial charge in [0.15, 0.2) is 0 Å². The van der Waals surface area contributed by atoms with Crippen molar-refractivity contribution >= 4 is 17.5 Å². The van der Waals surface area contributed by atoms with Crippen molar-refractivity contribution in [3.63, 3.8) is 0 Å². The quantitative estimate of drug-likeness (QED) is 0.745. The van der Waals surface area contributed by atoms with Gasteiger partial charge in [0.2, 0.25) is 5.91 Å². The molecule has 74 valence electrons. The van der Waals surface area contributed by atoms with Crippen LogP contribution in [0.2, 0.25) is 5.02 Å². The van der Waals surface area contributed by atoms with E-state index in [0.717, 1.165) is 17.0 Å². The molecule has 1 atom stereocenters. The van der Waals surface area contributed by atoms with Gasteiger partial charge in [-0.05, 0) is 24.1 Å². The standard InChI is InChI=1S/C11H12ClNO/c1-2-11(7-10(14)13-11)8-3-5-9(12)6-4-8/h3-6H,2,7H2,1H3,(H,13,14). The lowest BCUT2D eigenvalue weighted by molar-refractivity contribution is -0.133. The lowest BCUT2D eigenvalue weighted by Gasteiger charge is -2.42. The fourth-order valence-electron chi connectivity index (χ4n) is 1.88. The number of hydrogen-bond donors (Lipinski definition) is 1. The first kappa shape index (κ1) is 9.53. The van der Waals surface area contributed by atoms with Crippen molar-refractivity contribution in [3.05, 3.63) is 34.9 Å². The number of nitrogens with one attached hydrogen (secondary N) is 1. The Labute approximate surface area is 88.3 Å². The minimum Gasteiger partial charge on any atom is -0.346 e. The number of halogens is 1. The van der Waals surface area contributed by atoms with Crippen molar-refractivity contribution < 1.29 is 4.79 Å². The second kappa shape index (κ2) is 3.28. The molecular formula is C11H12ClNO. The first-order valence-corrected chi connectivity index (χ1v) is 5.11. The molecule has 0 bridgehead atoms. The summed E-state index contributed by atoms with van der Waals surface area (Å²) in [5.41, 5.74) is 1.01. The maximum absolute atomic E-state index is 11.0. The average Bonchev–Trinajstić information content (AvgIpc) is 2.14. The van der Waals surface area contributed by atoms with Crippen molar-refractivity contribution in [1.82, 2.24) is 5.32 Å². The van der Waals surface area contributed by atoms with Crippen molar-refractivity contribution in [1.29, 1.82) is 0 Å². The second-order valence-electron chi connectivity index (χ2n) is 3.67. The van der Waals surface area contributed by atoms with Crippen LogP contribution in [0, 0.1) is 0 Å². The number of amides is 1. The summed E-state index contributed by atoms with van der Waals surface area (Å²) in [5.74, 6) is 0.127. The largest absolute Gasteiger partial charge is 0.346 e. The van der Waals surface area contributed by atoms with Crippen molar-refractivity contribution in [2.45, 2.75) is 25.3 Å². The predicted octanol–water partition coefficient (Wildman–Crippen LogP) is 2.47. The molecule has 3 heteroatoms.